The number of pyridine rings is 1. The molecular weight excluding hydrogens is 202 g/mol. The largest absolute Gasteiger partial charge is 0.398 e. The van der Waals surface area contributed by atoms with Gasteiger partial charge in [0.1, 0.15) is 5.78 Å². The van der Waals surface area contributed by atoms with Crippen LogP contribution in [0.2, 0.25) is 0 Å². The van der Waals surface area contributed by atoms with Crippen LogP contribution in [0.25, 0.3) is 0 Å². The predicted octanol–water partition coefficient (Wildman–Crippen LogP) is 0.775. The van der Waals surface area contributed by atoms with Gasteiger partial charge in [-0.25, -0.2) is 0 Å². The van der Waals surface area contributed by atoms with Crippen molar-refractivity contribution < 1.29 is 4.79 Å². The van der Waals surface area contributed by atoms with Crippen molar-refractivity contribution in [2.45, 2.75) is 19.3 Å². The van der Waals surface area contributed by atoms with Gasteiger partial charge in [-0.1, -0.05) is 0 Å². The minimum absolute atomic E-state index is 0.147. The molecule has 1 aromatic heterocycles. The summed E-state index contributed by atoms with van der Waals surface area (Å²) in [6.07, 6.45) is 5.81. The molecule has 0 saturated carbocycles. The number of rotatable bonds is 3. The summed E-state index contributed by atoms with van der Waals surface area (Å²) >= 11 is 0. The number of nitrogens with zero attached hydrogens (tertiary/aromatic N) is 1. The van der Waals surface area contributed by atoms with Gasteiger partial charge in [0.05, 0.1) is 0 Å². The number of anilines is 1. The number of carbonyl (C=O) groups is 1. The van der Waals surface area contributed by atoms with E-state index in [9.17, 15) is 4.79 Å². The van der Waals surface area contributed by atoms with Crippen LogP contribution in [-0.2, 0) is 11.2 Å². The molecule has 1 atom stereocenters. The van der Waals surface area contributed by atoms with E-state index >= 15 is 0 Å². The molecular formula is C12H17N3O. The number of nitrogens with two attached hydrogens (primary N) is 1. The summed E-state index contributed by atoms with van der Waals surface area (Å²) in [4.78, 5) is 16.0. The highest BCUT2D eigenvalue weighted by molar-refractivity contribution is 5.84. The molecule has 3 N–H and O–H groups in total. The van der Waals surface area contributed by atoms with Crippen LogP contribution in [0.4, 0.5) is 5.69 Å². The first kappa shape index (κ1) is 11.1. The Kier molecular flexibility index (Phi) is 3.51. The van der Waals surface area contributed by atoms with Crippen molar-refractivity contribution in [2.24, 2.45) is 5.92 Å². The number of nitrogens with one attached hydrogen (secondary N) is 1. The Bertz CT molecular complexity index is 372. The molecule has 1 fully saturated rings. The van der Waals surface area contributed by atoms with Gasteiger partial charge in [-0.15, -0.1) is 0 Å². The average molecular weight is 219 g/mol. The third-order valence-corrected chi connectivity index (χ3v) is 3.06. The smallest absolute Gasteiger partial charge is 0.141 e. The topological polar surface area (TPSA) is 68.0 Å². The van der Waals surface area contributed by atoms with Gasteiger partial charge in [-0.05, 0) is 25.5 Å². The maximum atomic E-state index is 12.0. The number of ketones is 1. The van der Waals surface area contributed by atoms with Crippen molar-refractivity contribution >= 4 is 11.5 Å². The lowest BCUT2D eigenvalue weighted by molar-refractivity contribution is -0.122. The van der Waals surface area contributed by atoms with E-state index in [2.05, 4.69) is 10.3 Å². The number of Topliss-reactive ketones (excluding diaryl/α,β-unsaturated/α-hetero) is 1. The van der Waals surface area contributed by atoms with Crippen LogP contribution in [0.1, 0.15) is 18.4 Å². The van der Waals surface area contributed by atoms with Gasteiger partial charge in [0.2, 0.25) is 0 Å². The molecule has 16 heavy (non-hydrogen) atoms. The molecule has 0 aliphatic carbocycles. The second-order valence-corrected chi connectivity index (χ2v) is 4.26. The van der Waals surface area contributed by atoms with Crippen LogP contribution in [0.15, 0.2) is 18.5 Å². The van der Waals surface area contributed by atoms with E-state index in [1.165, 1.54) is 0 Å². The van der Waals surface area contributed by atoms with Crippen molar-refractivity contribution in [3.63, 3.8) is 0 Å². The Labute approximate surface area is 95.3 Å². The molecule has 0 bridgehead atoms. The molecule has 0 radical (unpaired) electrons. The van der Waals surface area contributed by atoms with Gasteiger partial charge in [0.15, 0.2) is 0 Å². The van der Waals surface area contributed by atoms with Gasteiger partial charge in [-0.2, -0.15) is 0 Å². The minimum atomic E-state index is 0.147. The summed E-state index contributed by atoms with van der Waals surface area (Å²) in [5, 5.41) is 3.25. The summed E-state index contributed by atoms with van der Waals surface area (Å²) < 4.78 is 0. The fraction of sp³-hybridized carbons (Fsp3) is 0.500. The lowest BCUT2D eigenvalue weighted by Gasteiger charge is -2.21. The van der Waals surface area contributed by atoms with E-state index in [-0.39, 0.29) is 11.7 Å². The van der Waals surface area contributed by atoms with E-state index < -0.39 is 0 Å². The van der Waals surface area contributed by atoms with Crippen LogP contribution < -0.4 is 11.1 Å². The zero-order valence-corrected chi connectivity index (χ0v) is 9.28. The molecule has 2 rings (SSSR count). The van der Waals surface area contributed by atoms with Crippen LogP contribution in [-0.4, -0.2) is 23.9 Å². The first-order valence-electron chi connectivity index (χ1n) is 5.69. The monoisotopic (exact) mass is 219 g/mol. The highest BCUT2D eigenvalue weighted by atomic mass is 16.1. The van der Waals surface area contributed by atoms with Crippen molar-refractivity contribution in [3.8, 4) is 0 Å². The Balaban J connectivity index is 1.99. The average Bonchev–Trinajstić information content (AvgIpc) is 2.33. The Morgan fingerprint density at radius 2 is 2.50 bits per heavy atom. The molecule has 1 unspecified atom stereocenters. The molecule has 1 saturated heterocycles. The van der Waals surface area contributed by atoms with E-state index in [4.69, 9.17) is 5.73 Å². The van der Waals surface area contributed by atoms with E-state index in [1.807, 2.05) is 0 Å². The number of carbonyl (C=O) groups excluding carboxylic acids is 1. The van der Waals surface area contributed by atoms with E-state index in [0.717, 1.165) is 31.5 Å². The molecule has 1 aliphatic rings. The molecule has 0 amide bonds. The number of hydrogen-bond acceptors (Lipinski definition) is 4. The number of nitrogen functional groups attached to an aromatic ring is 1. The second-order valence-electron chi connectivity index (χ2n) is 4.26. The normalized spacial score (nSPS) is 20.6. The summed E-state index contributed by atoms with van der Waals surface area (Å²) in [7, 11) is 0. The minimum Gasteiger partial charge on any atom is -0.398 e. The maximum Gasteiger partial charge on any atom is 0.141 e. The van der Waals surface area contributed by atoms with Gasteiger partial charge >= 0.3 is 0 Å². The van der Waals surface area contributed by atoms with Crippen LogP contribution in [0.3, 0.4) is 0 Å². The molecule has 1 aliphatic heterocycles. The zero-order chi connectivity index (χ0) is 11.4. The van der Waals surface area contributed by atoms with Crippen molar-refractivity contribution in [1.29, 1.82) is 0 Å². The van der Waals surface area contributed by atoms with Crippen molar-refractivity contribution in [3.05, 3.63) is 24.0 Å². The highest BCUT2D eigenvalue weighted by Crippen LogP contribution is 2.16. The summed E-state index contributed by atoms with van der Waals surface area (Å²) in [5.74, 6) is 0.417. The predicted molar refractivity (Wildman–Crippen MR) is 63.0 cm³/mol. The molecule has 4 nitrogen and oxygen atoms in total. The molecule has 4 heteroatoms. The maximum absolute atomic E-state index is 12.0. The van der Waals surface area contributed by atoms with E-state index in [1.54, 1.807) is 18.5 Å². The lowest BCUT2D eigenvalue weighted by Crippen LogP contribution is -2.35. The van der Waals surface area contributed by atoms with Gasteiger partial charge in [-0.3, -0.25) is 9.78 Å². The van der Waals surface area contributed by atoms with Crippen LogP contribution >= 0.6 is 0 Å². The van der Waals surface area contributed by atoms with Crippen LogP contribution in [0.5, 0.6) is 0 Å². The Morgan fingerprint density at radius 3 is 3.19 bits per heavy atom. The number of hydrogen-bond donors (Lipinski definition) is 2. The van der Waals surface area contributed by atoms with Crippen LogP contribution in [0, 0.1) is 5.92 Å². The number of aromatic nitrogens is 1. The van der Waals surface area contributed by atoms with Gasteiger partial charge in [0.25, 0.3) is 0 Å². The standard InChI is InChI=1S/C12H17N3O/c13-11-3-5-15-8-10(11)6-12(16)9-2-1-4-14-7-9/h3,5,8-9,14H,1-2,4,6-7H2,(H2,13,15). The summed E-state index contributed by atoms with van der Waals surface area (Å²) in [6, 6.07) is 1.74. The second kappa shape index (κ2) is 5.07. The quantitative estimate of drug-likeness (QED) is 0.788. The first-order valence-corrected chi connectivity index (χ1v) is 5.69. The SMILES string of the molecule is Nc1ccncc1CC(=O)C1CCCNC1. The third-order valence-electron chi connectivity index (χ3n) is 3.06. The summed E-state index contributed by atoms with van der Waals surface area (Å²) in [6.45, 7) is 1.83. The molecule has 0 spiro atoms. The van der Waals surface area contributed by atoms with Crippen molar-refractivity contribution in [2.75, 3.05) is 18.8 Å². The van der Waals surface area contributed by atoms with E-state index in [0.29, 0.717) is 12.1 Å². The molecule has 86 valence electrons. The molecule has 2 heterocycles. The summed E-state index contributed by atoms with van der Waals surface area (Å²) in [5.41, 5.74) is 7.30. The number of piperidine rings is 1. The third kappa shape index (κ3) is 2.58. The fourth-order valence-corrected chi connectivity index (χ4v) is 2.04. The lowest BCUT2D eigenvalue weighted by atomic mass is 9.91. The highest BCUT2D eigenvalue weighted by Gasteiger charge is 2.21. The Morgan fingerprint density at radius 1 is 1.62 bits per heavy atom. The zero-order valence-electron chi connectivity index (χ0n) is 9.28. The van der Waals surface area contributed by atoms with Crippen molar-refractivity contribution in [1.82, 2.24) is 10.3 Å². The van der Waals surface area contributed by atoms with Gasteiger partial charge in [0, 0.05) is 42.5 Å². The Hall–Kier alpha value is -1.42. The van der Waals surface area contributed by atoms with Gasteiger partial charge < -0.3 is 11.1 Å². The molecule has 0 aromatic carbocycles. The fourth-order valence-electron chi connectivity index (χ4n) is 2.04. The molecule has 1 aromatic rings. The first-order chi connectivity index (χ1) is 7.77.